The van der Waals surface area contributed by atoms with Gasteiger partial charge in [-0.15, -0.1) is 5.10 Å². The average molecular weight is 380 g/mol. The normalized spacial score (nSPS) is 16.3. The Labute approximate surface area is 153 Å². The Morgan fingerprint density at radius 3 is 2.38 bits per heavy atom. The van der Waals surface area contributed by atoms with Gasteiger partial charge in [0.25, 0.3) is 0 Å². The van der Waals surface area contributed by atoms with Crippen molar-refractivity contribution in [3.05, 3.63) is 29.7 Å². The molecule has 2 aromatic rings. The molecule has 1 aromatic carbocycles. The molecular weight excluding hydrogens is 356 g/mol. The van der Waals surface area contributed by atoms with Crippen molar-refractivity contribution in [1.29, 1.82) is 0 Å². The molecule has 0 N–H and O–H groups in total. The lowest BCUT2D eigenvalue weighted by Crippen LogP contribution is -2.48. The monoisotopic (exact) mass is 380 g/mol. The second-order valence-electron chi connectivity index (χ2n) is 6.60. The number of methoxy groups -OCH3 is 1. The molecular formula is C17H24N4O4S. The fraction of sp³-hybridized carbons (Fsp3) is 0.529. The second kappa shape index (κ2) is 7.24. The standard InChI is InChI=1S/C17H24N4O4S/c1-12(2)16-18-19-17(25-16)20-7-9-21(10-8-20)26(22,23)14-5-6-15(24-4)13(3)11-14/h5-6,11-12H,7-10H2,1-4H3. The molecule has 0 aliphatic carbocycles. The summed E-state index contributed by atoms with van der Waals surface area (Å²) in [4.78, 5) is 2.20. The lowest BCUT2D eigenvalue weighted by atomic mass is 10.2. The Kier molecular flexibility index (Phi) is 5.19. The van der Waals surface area contributed by atoms with Gasteiger partial charge in [-0.3, -0.25) is 0 Å². The largest absolute Gasteiger partial charge is 0.496 e. The lowest BCUT2D eigenvalue weighted by molar-refractivity contribution is 0.367. The van der Waals surface area contributed by atoms with Crippen LogP contribution in [0.3, 0.4) is 0 Å². The molecule has 1 fully saturated rings. The number of hydrogen-bond acceptors (Lipinski definition) is 7. The van der Waals surface area contributed by atoms with Gasteiger partial charge < -0.3 is 14.1 Å². The third-order valence-electron chi connectivity index (χ3n) is 4.44. The van der Waals surface area contributed by atoms with E-state index in [0.29, 0.717) is 43.8 Å². The molecule has 0 amide bonds. The molecule has 0 spiro atoms. The highest BCUT2D eigenvalue weighted by atomic mass is 32.2. The van der Waals surface area contributed by atoms with E-state index >= 15 is 0 Å². The topological polar surface area (TPSA) is 88.8 Å². The van der Waals surface area contributed by atoms with Crippen molar-refractivity contribution >= 4 is 16.0 Å². The van der Waals surface area contributed by atoms with Crippen LogP contribution in [-0.4, -0.2) is 56.2 Å². The summed E-state index contributed by atoms with van der Waals surface area (Å²) in [5, 5.41) is 8.09. The van der Waals surface area contributed by atoms with Gasteiger partial charge in [-0.05, 0) is 30.7 Å². The fourth-order valence-electron chi connectivity index (χ4n) is 2.87. The van der Waals surface area contributed by atoms with Crippen LogP contribution in [0.2, 0.25) is 0 Å². The van der Waals surface area contributed by atoms with Crippen LogP contribution in [0.15, 0.2) is 27.5 Å². The maximum absolute atomic E-state index is 12.9. The Bertz CT molecular complexity index is 871. The van der Waals surface area contributed by atoms with E-state index in [1.807, 2.05) is 25.7 Å². The molecule has 0 bridgehead atoms. The highest BCUT2D eigenvalue weighted by Crippen LogP contribution is 2.25. The molecule has 9 heteroatoms. The summed E-state index contributed by atoms with van der Waals surface area (Å²) in [6.45, 7) is 7.55. The van der Waals surface area contributed by atoms with Gasteiger partial charge in [-0.1, -0.05) is 18.9 Å². The first-order valence-corrected chi connectivity index (χ1v) is 10.00. The summed E-state index contributed by atoms with van der Waals surface area (Å²) in [6.07, 6.45) is 0. The first-order chi connectivity index (χ1) is 12.3. The van der Waals surface area contributed by atoms with Crippen LogP contribution in [0.5, 0.6) is 5.75 Å². The number of aromatic nitrogens is 2. The van der Waals surface area contributed by atoms with Crippen LogP contribution in [0.25, 0.3) is 0 Å². The minimum atomic E-state index is -3.54. The number of sulfonamides is 1. The SMILES string of the molecule is COc1ccc(S(=O)(=O)N2CCN(c3nnc(C(C)C)o3)CC2)cc1C. The predicted octanol–water partition coefficient (Wildman–Crippen LogP) is 2.02. The zero-order chi connectivity index (χ0) is 18.9. The lowest BCUT2D eigenvalue weighted by Gasteiger charge is -2.32. The molecule has 0 radical (unpaired) electrons. The Hall–Kier alpha value is -2.13. The number of rotatable bonds is 5. The highest BCUT2D eigenvalue weighted by molar-refractivity contribution is 7.89. The zero-order valence-corrected chi connectivity index (χ0v) is 16.3. The fourth-order valence-corrected chi connectivity index (χ4v) is 4.38. The third kappa shape index (κ3) is 3.54. The summed E-state index contributed by atoms with van der Waals surface area (Å²) >= 11 is 0. The summed E-state index contributed by atoms with van der Waals surface area (Å²) in [7, 11) is -1.97. The molecule has 142 valence electrons. The number of anilines is 1. The Morgan fingerprint density at radius 1 is 1.15 bits per heavy atom. The number of ether oxygens (including phenoxy) is 1. The van der Waals surface area contributed by atoms with E-state index in [1.165, 1.54) is 4.31 Å². The molecule has 0 saturated carbocycles. The van der Waals surface area contributed by atoms with Crippen LogP contribution in [0, 0.1) is 6.92 Å². The van der Waals surface area contributed by atoms with Gasteiger partial charge >= 0.3 is 6.01 Å². The van der Waals surface area contributed by atoms with Crippen molar-refractivity contribution in [2.75, 3.05) is 38.2 Å². The van der Waals surface area contributed by atoms with E-state index < -0.39 is 10.0 Å². The van der Waals surface area contributed by atoms with Gasteiger partial charge in [0.1, 0.15) is 5.75 Å². The molecule has 3 rings (SSSR count). The van der Waals surface area contributed by atoms with Gasteiger partial charge in [-0.25, -0.2) is 8.42 Å². The Morgan fingerprint density at radius 2 is 1.85 bits per heavy atom. The third-order valence-corrected chi connectivity index (χ3v) is 6.33. The van der Waals surface area contributed by atoms with Crippen molar-refractivity contribution in [3.63, 3.8) is 0 Å². The van der Waals surface area contributed by atoms with Gasteiger partial charge in [0.15, 0.2) is 0 Å². The van der Waals surface area contributed by atoms with E-state index in [2.05, 4.69) is 10.2 Å². The minimum Gasteiger partial charge on any atom is -0.496 e. The Balaban J connectivity index is 1.71. The van der Waals surface area contributed by atoms with Crippen LogP contribution in [0.4, 0.5) is 6.01 Å². The maximum atomic E-state index is 12.9. The van der Waals surface area contributed by atoms with Crippen LogP contribution >= 0.6 is 0 Å². The van der Waals surface area contributed by atoms with Crippen molar-refractivity contribution in [2.45, 2.75) is 31.6 Å². The van der Waals surface area contributed by atoms with Crippen molar-refractivity contribution in [1.82, 2.24) is 14.5 Å². The zero-order valence-electron chi connectivity index (χ0n) is 15.5. The summed E-state index contributed by atoms with van der Waals surface area (Å²) in [5.41, 5.74) is 0.791. The summed E-state index contributed by atoms with van der Waals surface area (Å²) in [5.74, 6) is 1.42. The van der Waals surface area contributed by atoms with Gasteiger partial charge in [-0.2, -0.15) is 4.31 Å². The summed E-state index contributed by atoms with van der Waals surface area (Å²) < 4.78 is 38.1. The first kappa shape index (κ1) is 18.7. The molecule has 1 saturated heterocycles. The molecule has 0 unspecified atom stereocenters. The quantitative estimate of drug-likeness (QED) is 0.784. The molecule has 8 nitrogen and oxygen atoms in total. The van der Waals surface area contributed by atoms with Crippen LogP contribution < -0.4 is 9.64 Å². The molecule has 26 heavy (non-hydrogen) atoms. The van der Waals surface area contributed by atoms with E-state index in [0.717, 1.165) is 5.56 Å². The smallest absolute Gasteiger partial charge is 0.318 e. The van der Waals surface area contributed by atoms with E-state index in [-0.39, 0.29) is 10.8 Å². The number of aryl methyl sites for hydroxylation is 1. The molecule has 1 aliphatic rings. The van der Waals surface area contributed by atoms with Crippen LogP contribution in [-0.2, 0) is 10.0 Å². The average Bonchev–Trinajstić information content (AvgIpc) is 3.12. The van der Waals surface area contributed by atoms with E-state index in [1.54, 1.807) is 25.3 Å². The van der Waals surface area contributed by atoms with Gasteiger partial charge in [0.2, 0.25) is 15.9 Å². The minimum absolute atomic E-state index is 0.163. The van der Waals surface area contributed by atoms with Crippen molar-refractivity contribution in [2.24, 2.45) is 0 Å². The van der Waals surface area contributed by atoms with Gasteiger partial charge in [0, 0.05) is 32.1 Å². The molecule has 2 heterocycles. The molecule has 1 aliphatic heterocycles. The summed E-state index contributed by atoms with van der Waals surface area (Å²) in [6, 6.07) is 5.36. The molecule has 1 aromatic heterocycles. The maximum Gasteiger partial charge on any atom is 0.318 e. The van der Waals surface area contributed by atoms with Gasteiger partial charge in [0.05, 0.1) is 12.0 Å². The van der Waals surface area contributed by atoms with Crippen molar-refractivity contribution < 1.29 is 17.6 Å². The van der Waals surface area contributed by atoms with E-state index in [9.17, 15) is 8.42 Å². The highest BCUT2D eigenvalue weighted by Gasteiger charge is 2.30. The van der Waals surface area contributed by atoms with Crippen molar-refractivity contribution in [3.8, 4) is 5.75 Å². The second-order valence-corrected chi connectivity index (χ2v) is 8.54. The number of nitrogens with zero attached hydrogens (tertiary/aromatic N) is 4. The number of benzene rings is 1. The predicted molar refractivity (Wildman–Crippen MR) is 97.1 cm³/mol. The first-order valence-electron chi connectivity index (χ1n) is 8.56. The van der Waals surface area contributed by atoms with Crippen LogP contribution in [0.1, 0.15) is 31.2 Å². The molecule has 0 atom stereocenters. The number of hydrogen-bond donors (Lipinski definition) is 0. The van der Waals surface area contributed by atoms with E-state index in [4.69, 9.17) is 9.15 Å². The number of piperazine rings is 1.